The van der Waals surface area contributed by atoms with Gasteiger partial charge in [0.15, 0.2) is 0 Å². The Hall–Kier alpha value is -2.17. The fourth-order valence-corrected chi connectivity index (χ4v) is 8.16. The molecule has 1 N–H and O–H groups in total. The highest BCUT2D eigenvalue weighted by Gasteiger charge is 2.52. The van der Waals surface area contributed by atoms with Crippen molar-refractivity contribution in [2.75, 3.05) is 40.8 Å². The van der Waals surface area contributed by atoms with Gasteiger partial charge in [0.05, 0.1) is 16.7 Å². The molecule has 236 valence electrons. The lowest BCUT2D eigenvalue weighted by Gasteiger charge is -2.52. The van der Waals surface area contributed by atoms with Gasteiger partial charge in [0.1, 0.15) is 0 Å². The second-order valence-electron chi connectivity index (χ2n) is 12.6. The maximum Gasteiger partial charge on any atom is 0.229 e. The van der Waals surface area contributed by atoms with E-state index in [1.807, 2.05) is 86.3 Å². The molecule has 1 saturated heterocycles. The lowest BCUT2D eigenvalue weighted by atomic mass is 9.67. The Morgan fingerprint density at radius 2 is 1.74 bits per heavy atom. The van der Waals surface area contributed by atoms with Crippen LogP contribution in [0, 0.1) is 5.41 Å². The molecule has 0 bridgehead atoms. The molecule has 43 heavy (non-hydrogen) atoms. The van der Waals surface area contributed by atoms with Crippen molar-refractivity contribution >= 4 is 45.0 Å². The molecule has 8 nitrogen and oxygen atoms in total. The third-order valence-electron chi connectivity index (χ3n) is 8.73. The molecule has 2 fully saturated rings. The molecule has 0 radical (unpaired) electrons. The minimum atomic E-state index is -3.46. The van der Waals surface area contributed by atoms with E-state index in [1.165, 1.54) is 4.31 Å². The van der Waals surface area contributed by atoms with Crippen molar-refractivity contribution in [3.63, 3.8) is 0 Å². The molecule has 2 aliphatic rings. The maximum atomic E-state index is 14.8. The predicted molar refractivity (Wildman–Crippen MR) is 173 cm³/mol. The van der Waals surface area contributed by atoms with Crippen LogP contribution in [0.1, 0.15) is 69.0 Å². The number of sulfonamides is 1. The van der Waals surface area contributed by atoms with Gasteiger partial charge in [0.2, 0.25) is 21.8 Å². The van der Waals surface area contributed by atoms with Crippen LogP contribution in [0.5, 0.6) is 0 Å². The topological polar surface area (TPSA) is 90.0 Å². The van der Waals surface area contributed by atoms with Gasteiger partial charge in [0, 0.05) is 55.1 Å². The van der Waals surface area contributed by atoms with Crippen molar-refractivity contribution in [2.45, 2.75) is 69.2 Å². The van der Waals surface area contributed by atoms with E-state index in [1.54, 1.807) is 7.05 Å². The summed E-state index contributed by atoms with van der Waals surface area (Å²) in [5.74, 6) is -0.553. The van der Waals surface area contributed by atoms with Gasteiger partial charge in [-0.1, -0.05) is 61.3 Å². The molecular weight excluding hydrogens is 607 g/mol. The third kappa shape index (κ3) is 7.92. The van der Waals surface area contributed by atoms with Crippen LogP contribution in [0.3, 0.4) is 0 Å². The first kappa shape index (κ1) is 33.7. The van der Waals surface area contributed by atoms with E-state index in [0.717, 1.165) is 11.1 Å². The van der Waals surface area contributed by atoms with E-state index >= 15 is 0 Å². The van der Waals surface area contributed by atoms with E-state index in [4.69, 9.17) is 23.2 Å². The molecule has 1 heterocycles. The second kappa shape index (κ2) is 13.9. The average Bonchev–Trinajstić information content (AvgIpc) is 3.80. The van der Waals surface area contributed by atoms with Crippen LogP contribution >= 0.6 is 23.2 Å². The van der Waals surface area contributed by atoms with E-state index in [-0.39, 0.29) is 35.9 Å². The van der Waals surface area contributed by atoms with Crippen LogP contribution in [0.15, 0.2) is 48.5 Å². The number of carbonyl (C=O) groups excluding carboxylic acids is 2. The van der Waals surface area contributed by atoms with Crippen molar-refractivity contribution < 1.29 is 18.0 Å². The first-order valence-electron chi connectivity index (χ1n) is 15.0. The van der Waals surface area contributed by atoms with Crippen LogP contribution in [0.2, 0.25) is 10.0 Å². The molecule has 2 aromatic rings. The fraction of sp³-hybridized carbons (Fsp3) is 0.562. The van der Waals surface area contributed by atoms with Gasteiger partial charge in [-0.2, -0.15) is 0 Å². The fourth-order valence-electron chi connectivity index (χ4n) is 6.22. The molecule has 2 aromatic carbocycles. The van der Waals surface area contributed by atoms with Gasteiger partial charge in [-0.25, -0.2) is 12.7 Å². The van der Waals surface area contributed by atoms with Crippen molar-refractivity contribution in [1.29, 1.82) is 0 Å². The largest absolute Gasteiger partial charge is 0.355 e. The summed E-state index contributed by atoms with van der Waals surface area (Å²) in [6.45, 7) is 5.17. The number of hydrogen-bond donors (Lipinski definition) is 1. The molecule has 0 spiro atoms. The number of rotatable bonds is 13. The number of hydrogen-bond acceptors (Lipinski definition) is 5. The summed E-state index contributed by atoms with van der Waals surface area (Å²) in [4.78, 5) is 31.8. The molecule has 2 amide bonds. The Kier molecular flexibility index (Phi) is 10.9. The van der Waals surface area contributed by atoms with Gasteiger partial charge >= 0.3 is 0 Å². The SMILES string of the molecule is CCC(CN(C)S(=O)(=O)C1CC1)N1C(=O)C(C)(CC(=O)NCCN(C)C)CC(c2cccc(Cl)c2)C1c1ccc(Cl)cc1. The summed E-state index contributed by atoms with van der Waals surface area (Å²) in [6.07, 6.45) is 2.30. The number of benzene rings is 2. The molecule has 1 aliphatic heterocycles. The molecule has 1 saturated carbocycles. The minimum Gasteiger partial charge on any atom is -0.355 e. The van der Waals surface area contributed by atoms with Gasteiger partial charge in [0.25, 0.3) is 0 Å². The van der Waals surface area contributed by atoms with E-state index in [9.17, 15) is 18.0 Å². The standard InChI is InChI=1S/C32H44Cl2N4O4S/c1-6-26(21-37(5)43(41,42)27-14-15-27)38-30(22-10-12-24(33)13-11-22)28(23-8-7-9-25(34)18-23)19-32(2,31(38)40)20-29(39)35-16-17-36(3)4/h7-13,18,26-28,30H,6,14-17,19-21H2,1-5H3,(H,35,39). The van der Waals surface area contributed by atoms with Crippen LogP contribution < -0.4 is 5.32 Å². The number of likely N-dealkylation sites (tertiary alicyclic amines) is 1. The molecule has 4 atom stereocenters. The zero-order valence-corrected chi connectivity index (χ0v) is 28.1. The zero-order chi connectivity index (χ0) is 31.5. The second-order valence-corrected chi connectivity index (χ2v) is 15.7. The van der Waals surface area contributed by atoms with Crippen molar-refractivity contribution in [3.05, 3.63) is 69.7 Å². The summed E-state index contributed by atoms with van der Waals surface area (Å²) < 4.78 is 27.8. The van der Waals surface area contributed by atoms with E-state index < -0.39 is 27.5 Å². The minimum absolute atomic E-state index is 0.0206. The van der Waals surface area contributed by atoms with Gasteiger partial charge in [-0.3, -0.25) is 9.59 Å². The number of piperidine rings is 1. The molecular formula is C32H44Cl2N4O4S. The zero-order valence-electron chi connectivity index (χ0n) is 25.7. The van der Waals surface area contributed by atoms with Crippen LogP contribution in [0.25, 0.3) is 0 Å². The smallest absolute Gasteiger partial charge is 0.229 e. The Morgan fingerprint density at radius 1 is 1.07 bits per heavy atom. The maximum absolute atomic E-state index is 14.8. The van der Waals surface area contributed by atoms with Crippen molar-refractivity contribution in [1.82, 2.24) is 19.4 Å². The molecule has 4 unspecified atom stereocenters. The summed E-state index contributed by atoms with van der Waals surface area (Å²) in [6, 6.07) is 14.3. The molecule has 0 aromatic heterocycles. The molecule has 4 rings (SSSR count). The van der Waals surface area contributed by atoms with Crippen LogP contribution in [-0.2, 0) is 19.6 Å². The van der Waals surface area contributed by atoms with Crippen molar-refractivity contribution in [2.24, 2.45) is 5.41 Å². The number of carbonyl (C=O) groups is 2. The predicted octanol–water partition coefficient (Wildman–Crippen LogP) is 5.33. The Balaban J connectivity index is 1.80. The average molecular weight is 652 g/mol. The Labute approximate surface area is 266 Å². The highest BCUT2D eigenvalue weighted by Crippen LogP contribution is 2.52. The summed E-state index contributed by atoms with van der Waals surface area (Å²) in [5, 5.41) is 3.79. The first-order chi connectivity index (χ1) is 20.3. The lowest BCUT2D eigenvalue weighted by Crippen LogP contribution is -2.58. The highest BCUT2D eigenvalue weighted by molar-refractivity contribution is 7.90. The number of halogens is 2. The number of amides is 2. The lowest BCUT2D eigenvalue weighted by molar-refractivity contribution is -0.157. The number of nitrogens with one attached hydrogen (secondary N) is 1. The monoisotopic (exact) mass is 650 g/mol. The normalized spacial score (nSPS) is 23.6. The summed E-state index contributed by atoms with van der Waals surface area (Å²) >= 11 is 12.8. The van der Waals surface area contributed by atoms with Gasteiger partial charge < -0.3 is 15.1 Å². The summed E-state index contributed by atoms with van der Waals surface area (Å²) in [5.41, 5.74) is 0.823. The molecule has 11 heteroatoms. The quantitative estimate of drug-likeness (QED) is 0.317. The highest BCUT2D eigenvalue weighted by atomic mass is 35.5. The van der Waals surface area contributed by atoms with Crippen LogP contribution in [-0.4, -0.2) is 86.4 Å². The number of nitrogens with zero attached hydrogens (tertiary/aromatic N) is 3. The Morgan fingerprint density at radius 3 is 2.33 bits per heavy atom. The van der Waals surface area contributed by atoms with E-state index in [0.29, 0.717) is 48.8 Å². The first-order valence-corrected chi connectivity index (χ1v) is 17.2. The van der Waals surface area contributed by atoms with E-state index in [2.05, 4.69) is 5.32 Å². The number of likely N-dealkylation sites (N-methyl/N-ethyl adjacent to an activating group) is 2. The third-order valence-corrected chi connectivity index (χ3v) is 11.6. The molecule has 1 aliphatic carbocycles. The van der Waals surface area contributed by atoms with Gasteiger partial charge in [-0.05, 0) is 75.2 Å². The summed E-state index contributed by atoms with van der Waals surface area (Å²) in [7, 11) is 2.02. The van der Waals surface area contributed by atoms with Gasteiger partial charge in [-0.15, -0.1) is 0 Å². The Bertz CT molecular complexity index is 1400. The van der Waals surface area contributed by atoms with Crippen LogP contribution in [0.4, 0.5) is 0 Å². The van der Waals surface area contributed by atoms with Crippen molar-refractivity contribution in [3.8, 4) is 0 Å².